The smallest absolute Gasteiger partial charge is 0.307 e. The molecule has 2 unspecified atom stereocenters. The van der Waals surface area contributed by atoms with Crippen LogP contribution in [0.3, 0.4) is 0 Å². The van der Waals surface area contributed by atoms with Crippen LogP contribution < -0.4 is 4.90 Å². The number of nitrogens with zero attached hydrogens (tertiary/aromatic N) is 2. The van der Waals surface area contributed by atoms with Gasteiger partial charge in [-0.05, 0) is 41.2 Å². The highest BCUT2D eigenvalue weighted by molar-refractivity contribution is 5.95. The summed E-state index contributed by atoms with van der Waals surface area (Å²) in [5.74, 6) is -0.656. The number of fused-ring (bicyclic) bond motifs is 2. The van der Waals surface area contributed by atoms with E-state index >= 15 is 0 Å². The van der Waals surface area contributed by atoms with E-state index < -0.39 is 5.97 Å². The number of amides is 1. The van der Waals surface area contributed by atoms with Gasteiger partial charge in [0.15, 0.2) is 0 Å². The van der Waals surface area contributed by atoms with E-state index in [1.807, 2.05) is 29.2 Å². The summed E-state index contributed by atoms with van der Waals surface area (Å²) < 4.78 is 0. The number of anilines is 1. The van der Waals surface area contributed by atoms with Crippen molar-refractivity contribution in [2.75, 3.05) is 18.0 Å². The first-order valence-electron chi connectivity index (χ1n) is 9.05. The molecule has 5 heteroatoms. The zero-order valence-corrected chi connectivity index (χ0v) is 14.3. The summed E-state index contributed by atoms with van der Waals surface area (Å²) in [6, 6.07) is 16.2. The Labute approximate surface area is 151 Å². The molecule has 1 aliphatic carbocycles. The summed E-state index contributed by atoms with van der Waals surface area (Å²) in [7, 11) is 0. The van der Waals surface area contributed by atoms with Crippen molar-refractivity contribution in [2.24, 2.45) is 17.8 Å². The fraction of sp³-hybridized carbons (Fsp3) is 0.333. The van der Waals surface area contributed by atoms with Gasteiger partial charge < -0.3 is 14.9 Å². The maximum Gasteiger partial charge on any atom is 0.307 e. The monoisotopic (exact) mass is 348 g/mol. The second kappa shape index (κ2) is 5.59. The average molecular weight is 348 g/mol. The van der Waals surface area contributed by atoms with Gasteiger partial charge in [-0.15, -0.1) is 0 Å². The van der Waals surface area contributed by atoms with Crippen LogP contribution in [-0.2, 0) is 17.9 Å². The van der Waals surface area contributed by atoms with Gasteiger partial charge in [0.1, 0.15) is 0 Å². The standard InChI is InChI=1S/C21H20N2O3/c24-20(23-11-17-18(12-23)19(17)21(25)26)13-6-3-7-16(8-13)22-9-14-4-1-2-5-15(14)10-22/h1-8,17-19H,9-12H2,(H,25,26). The zero-order chi connectivity index (χ0) is 17.8. The van der Waals surface area contributed by atoms with Gasteiger partial charge in [-0.1, -0.05) is 30.3 Å². The third kappa shape index (κ3) is 2.38. The Hall–Kier alpha value is -2.82. The summed E-state index contributed by atoms with van der Waals surface area (Å²) >= 11 is 0. The number of carbonyl (C=O) groups is 2. The number of aliphatic carboxylic acids is 1. The van der Waals surface area contributed by atoms with Crippen LogP contribution in [0.2, 0.25) is 0 Å². The molecule has 2 aromatic carbocycles. The molecule has 132 valence electrons. The van der Waals surface area contributed by atoms with Gasteiger partial charge in [0, 0.05) is 37.4 Å². The molecule has 2 heterocycles. The van der Waals surface area contributed by atoms with Crippen molar-refractivity contribution in [2.45, 2.75) is 13.1 Å². The Balaban J connectivity index is 1.31. The van der Waals surface area contributed by atoms with E-state index in [0.717, 1.165) is 18.8 Å². The fourth-order valence-corrected chi connectivity index (χ4v) is 4.59. The van der Waals surface area contributed by atoms with Crippen LogP contribution in [0.5, 0.6) is 0 Å². The molecule has 0 spiro atoms. The highest BCUT2D eigenvalue weighted by Gasteiger charge is 2.60. The van der Waals surface area contributed by atoms with E-state index in [2.05, 4.69) is 29.2 Å². The molecule has 5 nitrogen and oxygen atoms in total. The van der Waals surface area contributed by atoms with Crippen LogP contribution in [0.25, 0.3) is 0 Å². The van der Waals surface area contributed by atoms with Gasteiger partial charge in [-0.3, -0.25) is 9.59 Å². The first-order chi connectivity index (χ1) is 12.6. The maximum atomic E-state index is 12.8. The van der Waals surface area contributed by atoms with Gasteiger partial charge in [0.05, 0.1) is 5.92 Å². The minimum absolute atomic E-state index is 0.0138. The van der Waals surface area contributed by atoms with Gasteiger partial charge in [-0.25, -0.2) is 0 Å². The van der Waals surface area contributed by atoms with E-state index in [-0.39, 0.29) is 23.7 Å². The van der Waals surface area contributed by atoms with Crippen molar-refractivity contribution < 1.29 is 14.7 Å². The van der Waals surface area contributed by atoms with E-state index in [0.29, 0.717) is 18.7 Å². The number of likely N-dealkylation sites (tertiary alicyclic amines) is 1. The van der Waals surface area contributed by atoms with Crippen molar-refractivity contribution in [3.8, 4) is 0 Å². The SMILES string of the molecule is O=C(O)C1C2CN(C(=O)c3cccc(N4Cc5ccccc5C4)c3)CC21. The lowest BCUT2D eigenvalue weighted by atomic mass is 10.1. The predicted octanol–water partition coefficient (Wildman–Crippen LogP) is 2.61. The molecule has 2 aliphatic heterocycles. The number of carboxylic acid groups (broad SMARTS) is 1. The van der Waals surface area contributed by atoms with E-state index in [1.54, 1.807) is 0 Å². The van der Waals surface area contributed by atoms with E-state index in [4.69, 9.17) is 5.11 Å². The van der Waals surface area contributed by atoms with E-state index in [1.165, 1.54) is 11.1 Å². The minimum atomic E-state index is -0.720. The number of benzene rings is 2. The van der Waals surface area contributed by atoms with Crippen LogP contribution >= 0.6 is 0 Å². The lowest BCUT2D eigenvalue weighted by molar-refractivity contribution is -0.139. The van der Waals surface area contributed by atoms with Gasteiger partial charge in [0.2, 0.25) is 0 Å². The Morgan fingerprint density at radius 1 is 0.923 bits per heavy atom. The van der Waals surface area contributed by atoms with Crippen LogP contribution in [0.15, 0.2) is 48.5 Å². The summed E-state index contributed by atoms with van der Waals surface area (Å²) in [5.41, 5.74) is 4.42. The molecule has 0 aromatic heterocycles. The van der Waals surface area contributed by atoms with Crippen LogP contribution in [-0.4, -0.2) is 35.0 Å². The van der Waals surface area contributed by atoms with Crippen molar-refractivity contribution in [1.82, 2.24) is 4.90 Å². The number of rotatable bonds is 3. The summed E-state index contributed by atoms with van der Waals surface area (Å²) in [6.07, 6.45) is 0. The molecule has 3 aliphatic rings. The molecule has 26 heavy (non-hydrogen) atoms. The number of hydrogen-bond acceptors (Lipinski definition) is 3. The quantitative estimate of drug-likeness (QED) is 0.926. The maximum absolute atomic E-state index is 12.8. The highest BCUT2D eigenvalue weighted by Crippen LogP contribution is 2.52. The minimum Gasteiger partial charge on any atom is -0.481 e. The number of piperidine rings is 1. The van der Waals surface area contributed by atoms with Crippen molar-refractivity contribution in [3.05, 3.63) is 65.2 Å². The second-order valence-electron chi connectivity index (χ2n) is 7.58. The molecule has 0 radical (unpaired) electrons. The Morgan fingerprint density at radius 3 is 2.19 bits per heavy atom. The molecule has 1 amide bonds. The highest BCUT2D eigenvalue weighted by atomic mass is 16.4. The van der Waals surface area contributed by atoms with Gasteiger partial charge in [0.25, 0.3) is 5.91 Å². The first kappa shape index (κ1) is 15.4. The van der Waals surface area contributed by atoms with Crippen LogP contribution in [0, 0.1) is 17.8 Å². The number of carboxylic acids is 1. The normalized spacial score (nSPS) is 25.8. The molecular weight excluding hydrogens is 328 g/mol. The van der Waals surface area contributed by atoms with Gasteiger partial charge >= 0.3 is 5.97 Å². The second-order valence-corrected chi connectivity index (χ2v) is 7.58. The molecule has 2 atom stereocenters. The largest absolute Gasteiger partial charge is 0.481 e. The van der Waals surface area contributed by atoms with Crippen molar-refractivity contribution >= 4 is 17.6 Å². The summed E-state index contributed by atoms with van der Waals surface area (Å²) in [6.45, 7) is 2.86. The Kier molecular flexibility index (Phi) is 3.32. The van der Waals surface area contributed by atoms with Crippen molar-refractivity contribution in [1.29, 1.82) is 0 Å². The summed E-state index contributed by atoms with van der Waals surface area (Å²) in [4.78, 5) is 28.0. The molecule has 1 N–H and O–H groups in total. The van der Waals surface area contributed by atoms with Crippen molar-refractivity contribution in [3.63, 3.8) is 0 Å². The molecule has 2 fully saturated rings. The fourth-order valence-electron chi connectivity index (χ4n) is 4.59. The Morgan fingerprint density at radius 2 is 1.58 bits per heavy atom. The lowest BCUT2D eigenvalue weighted by Crippen LogP contribution is -2.32. The number of hydrogen-bond donors (Lipinski definition) is 1. The zero-order valence-electron chi connectivity index (χ0n) is 14.3. The average Bonchev–Trinajstić information content (AvgIpc) is 2.99. The van der Waals surface area contributed by atoms with Crippen LogP contribution in [0.1, 0.15) is 21.5 Å². The molecular formula is C21H20N2O3. The summed E-state index contributed by atoms with van der Waals surface area (Å²) in [5, 5.41) is 9.12. The van der Waals surface area contributed by atoms with E-state index in [9.17, 15) is 9.59 Å². The lowest BCUT2D eigenvalue weighted by Gasteiger charge is -2.22. The van der Waals surface area contributed by atoms with Gasteiger partial charge in [-0.2, -0.15) is 0 Å². The Bertz CT molecular complexity index is 873. The molecule has 0 bridgehead atoms. The number of carbonyl (C=O) groups excluding carboxylic acids is 1. The first-order valence-corrected chi connectivity index (χ1v) is 9.05. The topological polar surface area (TPSA) is 60.9 Å². The molecule has 2 aromatic rings. The molecule has 5 rings (SSSR count). The molecule has 1 saturated heterocycles. The third-order valence-corrected chi connectivity index (χ3v) is 6.07. The third-order valence-electron chi connectivity index (χ3n) is 6.07. The van der Waals surface area contributed by atoms with Crippen LogP contribution in [0.4, 0.5) is 5.69 Å². The predicted molar refractivity (Wildman–Crippen MR) is 96.8 cm³/mol. The molecule has 1 saturated carbocycles.